The fraction of sp³-hybridized carbons (Fsp3) is 0.310. The predicted octanol–water partition coefficient (Wildman–Crippen LogP) is 4.33. The third-order valence-electron chi connectivity index (χ3n) is 7.16. The Balaban J connectivity index is 1.24. The average molecular weight is 498 g/mol. The number of aryl methyl sites for hydroxylation is 1. The predicted molar refractivity (Wildman–Crippen MR) is 140 cm³/mol. The van der Waals surface area contributed by atoms with Gasteiger partial charge in [0.05, 0.1) is 11.3 Å². The van der Waals surface area contributed by atoms with Gasteiger partial charge in [-0.25, -0.2) is 9.37 Å². The lowest BCUT2D eigenvalue weighted by atomic mass is 9.89. The van der Waals surface area contributed by atoms with Crippen LogP contribution in [0.15, 0.2) is 54.9 Å². The Morgan fingerprint density at radius 1 is 1.00 bits per heavy atom. The second-order valence-corrected chi connectivity index (χ2v) is 9.56. The highest BCUT2D eigenvalue weighted by Gasteiger charge is 2.39. The molecule has 0 saturated carbocycles. The van der Waals surface area contributed by atoms with Crippen LogP contribution in [0.5, 0.6) is 0 Å². The Bertz CT molecular complexity index is 1350. The molecule has 8 heteroatoms. The zero-order valence-electron chi connectivity index (χ0n) is 20.7. The summed E-state index contributed by atoms with van der Waals surface area (Å²) in [5, 5.41) is 2.90. The monoisotopic (exact) mass is 497 g/mol. The highest BCUT2D eigenvalue weighted by molar-refractivity contribution is 6.05. The van der Waals surface area contributed by atoms with Crippen LogP contribution in [0, 0.1) is 19.3 Å². The van der Waals surface area contributed by atoms with Crippen molar-refractivity contribution in [3.8, 4) is 12.3 Å². The van der Waals surface area contributed by atoms with E-state index in [0.29, 0.717) is 28.1 Å². The van der Waals surface area contributed by atoms with Gasteiger partial charge in [0.1, 0.15) is 5.82 Å². The van der Waals surface area contributed by atoms with Crippen molar-refractivity contribution in [2.75, 3.05) is 36.4 Å². The molecule has 0 spiro atoms. The highest BCUT2D eigenvalue weighted by Crippen LogP contribution is 2.36. The number of amides is 2. The van der Waals surface area contributed by atoms with Gasteiger partial charge in [-0.2, -0.15) is 0 Å². The number of piperidine rings is 1. The first kappa shape index (κ1) is 24.4. The van der Waals surface area contributed by atoms with Crippen molar-refractivity contribution in [2.45, 2.75) is 31.9 Å². The van der Waals surface area contributed by atoms with Gasteiger partial charge in [0.15, 0.2) is 5.67 Å². The van der Waals surface area contributed by atoms with Gasteiger partial charge in [0, 0.05) is 68.2 Å². The first-order chi connectivity index (χ1) is 17.9. The average Bonchev–Trinajstić information content (AvgIpc) is 2.89. The number of pyridine rings is 2. The molecule has 2 amide bonds. The number of halogens is 1. The third kappa shape index (κ3) is 5.03. The van der Waals surface area contributed by atoms with Crippen LogP contribution >= 0.6 is 0 Å². The van der Waals surface area contributed by atoms with Crippen molar-refractivity contribution >= 4 is 23.3 Å². The van der Waals surface area contributed by atoms with Gasteiger partial charge in [-0.15, -0.1) is 6.42 Å². The fourth-order valence-corrected chi connectivity index (χ4v) is 4.58. The van der Waals surface area contributed by atoms with E-state index in [0.717, 1.165) is 30.9 Å². The molecule has 0 bridgehead atoms. The molecule has 2 fully saturated rings. The lowest BCUT2D eigenvalue weighted by molar-refractivity contribution is 0.0402. The van der Waals surface area contributed by atoms with Gasteiger partial charge in [-0.1, -0.05) is 12.0 Å². The quantitative estimate of drug-likeness (QED) is 0.531. The van der Waals surface area contributed by atoms with Crippen molar-refractivity contribution in [1.82, 2.24) is 14.9 Å². The number of nitrogens with one attached hydrogen (secondary N) is 1. The normalized spacial score (nSPS) is 16.5. The Morgan fingerprint density at radius 3 is 2.35 bits per heavy atom. The van der Waals surface area contributed by atoms with Crippen LogP contribution in [-0.2, 0) is 5.67 Å². The summed E-state index contributed by atoms with van der Waals surface area (Å²) in [4.78, 5) is 38.5. The molecule has 0 aliphatic carbocycles. The van der Waals surface area contributed by atoms with Crippen LogP contribution in [0.2, 0.25) is 0 Å². The van der Waals surface area contributed by atoms with Crippen molar-refractivity contribution in [1.29, 1.82) is 0 Å². The number of carbonyl (C=O) groups is 2. The number of nitrogens with zero attached hydrogens (tertiary/aromatic N) is 4. The molecule has 1 aromatic carbocycles. The van der Waals surface area contributed by atoms with E-state index in [9.17, 15) is 9.59 Å². The molecule has 2 aromatic heterocycles. The number of rotatable bonds is 5. The number of carbonyl (C=O) groups excluding carboxylic acids is 2. The zero-order chi connectivity index (χ0) is 26.0. The van der Waals surface area contributed by atoms with Gasteiger partial charge < -0.3 is 15.1 Å². The van der Waals surface area contributed by atoms with Gasteiger partial charge in [0.25, 0.3) is 11.8 Å². The maximum absolute atomic E-state index is 15.6. The summed E-state index contributed by atoms with van der Waals surface area (Å²) >= 11 is 0. The standard InChI is InChI=1S/C29H28FN5O2/c1-3-21-6-9-25(31-18-21)29(30)11-15-35(16-12-29)28(37)22-7-5-20(2)24(17-22)33-27(36)23-8-10-26(32-19-23)34-13-4-14-34/h1,5-10,17-19H,4,11-16H2,2H3,(H,33,36). The van der Waals surface area contributed by atoms with E-state index in [2.05, 4.69) is 26.1 Å². The van der Waals surface area contributed by atoms with Crippen LogP contribution in [-0.4, -0.2) is 52.9 Å². The molecule has 0 atom stereocenters. The molecule has 1 N–H and O–H groups in total. The van der Waals surface area contributed by atoms with Crippen molar-refractivity contribution in [2.24, 2.45) is 0 Å². The summed E-state index contributed by atoms with van der Waals surface area (Å²) in [7, 11) is 0. The number of hydrogen-bond donors (Lipinski definition) is 1. The largest absolute Gasteiger partial charge is 0.356 e. The number of aromatic nitrogens is 2. The number of anilines is 2. The second-order valence-electron chi connectivity index (χ2n) is 9.56. The molecule has 7 nitrogen and oxygen atoms in total. The van der Waals surface area contributed by atoms with Crippen LogP contribution < -0.4 is 10.2 Å². The Kier molecular flexibility index (Phi) is 6.62. The van der Waals surface area contributed by atoms with E-state index in [1.165, 1.54) is 6.20 Å². The molecule has 2 aliphatic rings. The van der Waals surface area contributed by atoms with E-state index in [-0.39, 0.29) is 37.7 Å². The molecule has 4 heterocycles. The lowest BCUT2D eigenvalue weighted by Gasteiger charge is -2.36. The van der Waals surface area contributed by atoms with Crippen molar-refractivity contribution in [3.05, 3.63) is 82.8 Å². The number of benzene rings is 1. The van der Waals surface area contributed by atoms with Crippen LogP contribution in [0.25, 0.3) is 0 Å². The van der Waals surface area contributed by atoms with Crippen molar-refractivity contribution in [3.63, 3.8) is 0 Å². The molecular formula is C29H28FN5O2. The third-order valence-corrected chi connectivity index (χ3v) is 7.16. The van der Waals surface area contributed by atoms with E-state index in [1.54, 1.807) is 47.5 Å². The minimum atomic E-state index is -1.60. The van der Waals surface area contributed by atoms with E-state index in [4.69, 9.17) is 6.42 Å². The number of terminal acetylenes is 1. The molecule has 2 saturated heterocycles. The minimum absolute atomic E-state index is 0.150. The summed E-state index contributed by atoms with van der Waals surface area (Å²) in [5.41, 5.74) is 1.61. The maximum atomic E-state index is 15.6. The Labute approximate surface area is 215 Å². The fourth-order valence-electron chi connectivity index (χ4n) is 4.58. The SMILES string of the molecule is C#Cc1ccc(C2(F)CCN(C(=O)c3ccc(C)c(NC(=O)c4ccc(N5CCC5)nc4)c3)CC2)nc1. The summed E-state index contributed by atoms with van der Waals surface area (Å²) < 4.78 is 15.6. The molecule has 37 heavy (non-hydrogen) atoms. The smallest absolute Gasteiger partial charge is 0.257 e. The molecule has 0 radical (unpaired) electrons. The molecule has 0 unspecified atom stereocenters. The highest BCUT2D eigenvalue weighted by atomic mass is 19.1. The van der Waals surface area contributed by atoms with Gasteiger partial charge in [0.2, 0.25) is 0 Å². The molecular weight excluding hydrogens is 469 g/mol. The van der Waals surface area contributed by atoms with Gasteiger partial charge >= 0.3 is 0 Å². The van der Waals surface area contributed by atoms with Gasteiger partial charge in [-0.05, 0) is 55.3 Å². The second kappa shape index (κ2) is 10.0. The topological polar surface area (TPSA) is 78.4 Å². The maximum Gasteiger partial charge on any atom is 0.257 e. The summed E-state index contributed by atoms with van der Waals surface area (Å²) in [6.07, 6.45) is 9.88. The molecule has 188 valence electrons. The van der Waals surface area contributed by atoms with Crippen LogP contribution in [0.4, 0.5) is 15.9 Å². The zero-order valence-corrected chi connectivity index (χ0v) is 20.7. The van der Waals surface area contributed by atoms with E-state index >= 15 is 4.39 Å². The minimum Gasteiger partial charge on any atom is -0.356 e. The first-order valence-corrected chi connectivity index (χ1v) is 12.4. The van der Waals surface area contributed by atoms with E-state index < -0.39 is 5.67 Å². The van der Waals surface area contributed by atoms with Gasteiger partial charge in [-0.3, -0.25) is 14.6 Å². The number of hydrogen-bond acceptors (Lipinski definition) is 5. The Morgan fingerprint density at radius 2 is 1.76 bits per heavy atom. The lowest BCUT2D eigenvalue weighted by Crippen LogP contribution is -2.43. The number of likely N-dealkylation sites (tertiary alicyclic amines) is 1. The van der Waals surface area contributed by atoms with Crippen molar-refractivity contribution < 1.29 is 14.0 Å². The molecule has 3 aromatic rings. The summed E-state index contributed by atoms with van der Waals surface area (Å²) in [6.45, 7) is 4.36. The van der Waals surface area contributed by atoms with E-state index in [1.807, 2.05) is 13.0 Å². The number of alkyl halides is 1. The summed E-state index contributed by atoms with van der Waals surface area (Å²) in [6, 6.07) is 12.1. The van der Waals surface area contributed by atoms with Crippen LogP contribution in [0.3, 0.4) is 0 Å². The molecule has 2 aliphatic heterocycles. The van der Waals surface area contributed by atoms with Crippen LogP contribution in [0.1, 0.15) is 56.8 Å². The first-order valence-electron chi connectivity index (χ1n) is 12.4. The summed E-state index contributed by atoms with van der Waals surface area (Å²) in [5.74, 6) is 2.85. The Hall–Kier alpha value is -4.25. The molecule has 5 rings (SSSR count).